The topological polar surface area (TPSA) is 48.4 Å². The van der Waals surface area contributed by atoms with E-state index in [1.165, 1.54) is 24.5 Å². The van der Waals surface area contributed by atoms with Crippen molar-refractivity contribution < 1.29 is 18.7 Å². The van der Waals surface area contributed by atoms with Gasteiger partial charge in [0.2, 0.25) is 0 Å². The van der Waals surface area contributed by atoms with Gasteiger partial charge in [-0.3, -0.25) is 0 Å². The van der Waals surface area contributed by atoms with E-state index >= 15 is 0 Å². The van der Waals surface area contributed by atoms with Crippen molar-refractivity contribution in [2.45, 2.75) is 19.8 Å². The largest absolute Gasteiger partial charge is 0.493 e. The summed E-state index contributed by atoms with van der Waals surface area (Å²) in [5.41, 5.74) is 0.144. The summed E-state index contributed by atoms with van der Waals surface area (Å²) in [5.74, 6) is -0.308. The summed E-state index contributed by atoms with van der Waals surface area (Å²) in [7, 11) is 1.23. The second kappa shape index (κ2) is 6.04. The monoisotopic (exact) mass is 321 g/mol. The van der Waals surface area contributed by atoms with Gasteiger partial charge in [-0.1, -0.05) is 0 Å². The molecule has 4 nitrogen and oxygen atoms in total. The molecule has 1 aliphatic rings. The second-order valence-electron chi connectivity index (χ2n) is 5.35. The molecule has 1 fully saturated rings. The number of rotatable bonds is 5. The molecule has 0 spiro atoms. The fraction of sp³-hybridized carbons (Fsp3) is 0.375. The van der Waals surface area contributed by atoms with Gasteiger partial charge in [-0.15, -0.1) is 11.3 Å². The summed E-state index contributed by atoms with van der Waals surface area (Å²) in [6.45, 7) is 2.48. The Morgan fingerprint density at radius 1 is 1.45 bits per heavy atom. The average molecular weight is 321 g/mol. The number of ether oxygens (including phenoxy) is 2. The van der Waals surface area contributed by atoms with Gasteiger partial charge in [0.15, 0.2) is 0 Å². The van der Waals surface area contributed by atoms with Crippen LogP contribution in [0.3, 0.4) is 0 Å². The molecule has 0 amide bonds. The van der Waals surface area contributed by atoms with E-state index in [0.29, 0.717) is 23.3 Å². The summed E-state index contributed by atoms with van der Waals surface area (Å²) in [6.07, 6.45) is 3.99. The lowest BCUT2D eigenvalue weighted by molar-refractivity contribution is 0.0595. The highest BCUT2D eigenvalue weighted by molar-refractivity contribution is 7.14. The molecule has 1 aliphatic carbocycles. The van der Waals surface area contributed by atoms with Gasteiger partial charge in [0.25, 0.3) is 0 Å². The third-order valence-corrected chi connectivity index (χ3v) is 4.43. The van der Waals surface area contributed by atoms with Crippen LogP contribution in [0, 0.1) is 18.7 Å². The van der Waals surface area contributed by atoms with E-state index in [2.05, 4.69) is 9.72 Å². The van der Waals surface area contributed by atoms with Crippen LogP contribution < -0.4 is 4.74 Å². The molecule has 1 heterocycles. The van der Waals surface area contributed by atoms with Gasteiger partial charge in [0, 0.05) is 11.1 Å². The summed E-state index contributed by atoms with van der Waals surface area (Å²) in [6, 6.07) is 3.00. The molecular weight excluding hydrogens is 305 g/mol. The number of benzene rings is 1. The van der Waals surface area contributed by atoms with Gasteiger partial charge in [-0.25, -0.2) is 14.2 Å². The number of hydrogen-bond acceptors (Lipinski definition) is 5. The zero-order valence-electron chi connectivity index (χ0n) is 12.4. The lowest BCUT2D eigenvalue weighted by Crippen LogP contribution is -2.07. The van der Waals surface area contributed by atoms with Gasteiger partial charge in [-0.05, 0) is 37.8 Å². The number of aromatic nitrogens is 1. The van der Waals surface area contributed by atoms with Crippen molar-refractivity contribution in [1.29, 1.82) is 0 Å². The van der Waals surface area contributed by atoms with Crippen molar-refractivity contribution in [3.8, 4) is 16.3 Å². The molecule has 0 unspecified atom stereocenters. The van der Waals surface area contributed by atoms with Gasteiger partial charge < -0.3 is 9.47 Å². The van der Waals surface area contributed by atoms with E-state index in [0.717, 1.165) is 17.7 Å². The molecule has 3 rings (SSSR count). The Hall–Kier alpha value is -1.95. The standard InChI is InChI=1S/C16H16FNO3S/c1-9-7-18-15(22-9)12-5-11(21-8-10-3-4-10)6-13(14(12)17)16(19)20-2/h5-7,10H,3-4,8H2,1-2H3. The summed E-state index contributed by atoms with van der Waals surface area (Å²) < 4.78 is 25.0. The maximum atomic E-state index is 14.6. The van der Waals surface area contributed by atoms with Crippen LogP contribution in [0.4, 0.5) is 4.39 Å². The van der Waals surface area contributed by atoms with Gasteiger partial charge in [-0.2, -0.15) is 0 Å². The van der Waals surface area contributed by atoms with E-state index in [9.17, 15) is 9.18 Å². The smallest absolute Gasteiger partial charge is 0.341 e. The molecule has 116 valence electrons. The molecule has 0 bridgehead atoms. The van der Waals surface area contributed by atoms with Crippen molar-refractivity contribution in [2.75, 3.05) is 13.7 Å². The van der Waals surface area contributed by atoms with Crippen molar-refractivity contribution >= 4 is 17.3 Å². The molecular formula is C16H16FNO3S. The predicted octanol–water partition coefficient (Wildman–Crippen LogP) is 3.83. The summed E-state index contributed by atoms with van der Waals surface area (Å²) >= 11 is 1.37. The average Bonchev–Trinajstić information content (AvgIpc) is 3.25. The molecule has 0 aliphatic heterocycles. The highest BCUT2D eigenvalue weighted by atomic mass is 32.1. The Morgan fingerprint density at radius 3 is 2.82 bits per heavy atom. The van der Waals surface area contributed by atoms with Crippen LogP contribution in [0.2, 0.25) is 0 Å². The minimum absolute atomic E-state index is 0.126. The zero-order chi connectivity index (χ0) is 15.7. The van der Waals surface area contributed by atoms with Gasteiger partial charge >= 0.3 is 5.97 Å². The van der Waals surface area contributed by atoms with Crippen LogP contribution >= 0.6 is 11.3 Å². The number of carbonyl (C=O) groups excluding carboxylic acids is 1. The number of esters is 1. The third kappa shape index (κ3) is 3.11. The molecule has 6 heteroatoms. The summed E-state index contributed by atoms with van der Waals surface area (Å²) in [5, 5.41) is 0.525. The number of aryl methyl sites for hydroxylation is 1. The second-order valence-corrected chi connectivity index (χ2v) is 6.59. The highest BCUT2D eigenvalue weighted by Gasteiger charge is 2.24. The van der Waals surface area contributed by atoms with Crippen LogP contribution in [-0.2, 0) is 4.74 Å². The van der Waals surface area contributed by atoms with E-state index in [-0.39, 0.29) is 11.1 Å². The SMILES string of the molecule is COC(=O)c1cc(OCC2CC2)cc(-c2ncc(C)s2)c1F. The molecule has 0 radical (unpaired) electrons. The molecule has 1 aromatic carbocycles. The minimum Gasteiger partial charge on any atom is -0.493 e. The lowest BCUT2D eigenvalue weighted by Gasteiger charge is -2.11. The first kappa shape index (κ1) is 15.0. The van der Waals surface area contributed by atoms with Crippen LogP contribution in [0.1, 0.15) is 28.1 Å². The normalized spacial score (nSPS) is 14.0. The maximum Gasteiger partial charge on any atom is 0.341 e. The molecule has 0 atom stereocenters. The van der Waals surface area contributed by atoms with Crippen LogP contribution in [-0.4, -0.2) is 24.7 Å². The van der Waals surface area contributed by atoms with Crippen LogP contribution in [0.5, 0.6) is 5.75 Å². The number of nitrogens with zero attached hydrogens (tertiary/aromatic N) is 1. The lowest BCUT2D eigenvalue weighted by atomic mass is 10.1. The van der Waals surface area contributed by atoms with Crippen molar-refractivity contribution in [2.24, 2.45) is 5.92 Å². The highest BCUT2D eigenvalue weighted by Crippen LogP contribution is 2.34. The molecule has 1 saturated carbocycles. The quantitative estimate of drug-likeness (QED) is 0.785. The predicted molar refractivity (Wildman–Crippen MR) is 81.8 cm³/mol. The summed E-state index contributed by atoms with van der Waals surface area (Å²) in [4.78, 5) is 17.0. The van der Waals surface area contributed by atoms with Crippen molar-refractivity contribution in [3.05, 3.63) is 34.6 Å². The molecule has 1 aromatic heterocycles. The fourth-order valence-electron chi connectivity index (χ4n) is 2.07. The first-order valence-electron chi connectivity index (χ1n) is 7.06. The molecule has 0 N–H and O–H groups in total. The van der Waals surface area contributed by atoms with Crippen LogP contribution in [0.15, 0.2) is 18.3 Å². The number of methoxy groups -OCH3 is 1. The first-order chi connectivity index (χ1) is 10.6. The van der Waals surface area contributed by atoms with Crippen molar-refractivity contribution in [3.63, 3.8) is 0 Å². The number of halogens is 1. The minimum atomic E-state index is -0.719. The fourth-order valence-corrected chi connectivity index (χ4v) is 2.85. The Labute approximate surface area is 131 Å². The molecule has 2 aromatic rings. The number of carbonyl (C=O) groups is 1. The Balaban J connectivity index is 2.01. The van der Waals surface area contributed by atoms with Gasteiger partial charge in [0.1, 0.15) is 16.6 Å². The molecule has 0 saturated heterocycles. The first-order valence-corrected chi connectivity index (χ1v) is 7.87. The van der Waals surface area contributed by atoms with E-state index < -0.39 is 11.8 Å². The third-order valence-electron chi connectivity index (χ3n) is 3.49. The maximum absolute atomic E-state index is 14.6. The van der Waals surface area contributed by atoms with Gasteiger partial charge in [0.05, 0.1) is 24.8 Å². The van der Waals surface area contributed by atoms with Crippen molar-refractivity contribution in [1.82, 2.24) is 4.98 Å². The Kier molecular flexibility index (Phi) is 4.11. The Bertz CT molecular complexity index is 709. The number of thiazole rings is 1. The number of hydrogen-bond donors (Lipinski definition) is 0. The van der Waals surface area contributed by atoms with Crippen LogP contribution in [0.25, 0.3) is 10.6 Å². The molecule has 22 heavy (non-hydrogen) atoms. The Morgan fingerprint density at radius 2 is 2.23 bits per heavy atom. The zero-order valence-corrected chi connectivity index (χ0v) is 13.2. The van der Waals surface area contributed by atoms with E-state index in [1.807, 2.05) is 6.92 Å². The van der Waals surface area contributed by atoms with E-state index in [1.54, 1.807) is 12.3 Å². The van der Waals surface area contributed by atoms with E-state index in [4.69, 9.17) is 4.74 Å².